The summed E-state index contributed by atoms with van der Waals surface area (Å²) in [6.07, 6.45) is 6.11. The van der Waals surface area contributed by atoms with Gasteiger partial charge in [0, 0.05) is 6.54 Å². The molecule has 0 unspecified atom stereocenters. The Hall–Kier alpha value is -1.35. The van der Waals surface area contributed by atoms with Gasteiger partial charge >= 0.3 is 0 Å². The van der Waals surface area contributed by atoms with Crippen LogP contribution in [0, 0.1) is 5.82 Å². The normalized spacial score (nSPS) is 10.3. The van der Waals surface area contributed by atoms with E-state index in [1.54, 1.807) is 6.07 Å². The summed E-state index contributed by atoms with van der Waals surface area (Å²) in [4.78, 5) is 0. The number of nitrogens with one attached hydrogen (secondary N) is 1. The van der Waals surface area contributed by atoms with E-state index in [2.05, 4.69) is 11.9 Å². The summed E-state index contributed by atoms with van der Waals surface area (Å²) in [5, 5.41) is 2.99. The largest absolute Gasteiger partial charge is 0.491 e. The maximum Gasteiger partial charge on any atom is 0.165 e. The third kappa shape index (κ3) is 5.32. The molecule has 0 fully saturated rings. The molecular weight excluding hydrogens is 229 g/mol. The Balaban J connectivity index is 2.31. The van der Waals surface area contributed by atoms with Crippen LogP contribution < -0.4 is 10.1 Å². The minimum atomic E-state index is -0.283. The number of hydrogen-bond acceptors (Lipinski definition) is 2. The van der Waals surface area contributed by atoms with E-state index >= 15 is 0 Å². The van der Waals surface area contributed by atoms with Crippen molar-refractivity contribution in [1.29, 1.82) is 0 Å². The van der Waals surface area contributed by atoms with Crippen LogP contribution in [0.3, 0.4) is 0 Å². The fraction of sp³-hybridized carbons (Fsp3) is 0.467. The van der Waals surface area contributed by atoms with Gasteiger partial charge in [-0.2, -0.15) is 0 Å². The SMILES string of the molecule is C=CCCCCCOc1ccc(CNC)cc1F. The monoisotopic (exact) mass is 251 g/mol. The molecule has 100 valence electrons. The van der Waals surface area contributed by atoms with E-state index < -0.39 is 0 Å². The number of hydrogen-bond donors (Lipinski definition) is 1. The number of allylic oxidation sites excluding steroid dienone is 1. The van der Waals surface area contributed by atoms with Crippen LogP contribution in [0.1, 0.15) is 31.2 Å². The molecule has 0 aliphatic heterocycles. The molecule has 1 aromatic carbocycles. The van der Waals surface area contributed by atoms with Crippen LogP contribution in [0.15, 0.2) is 30.9 Å². The van der Waals surface area contributed by atoms with Gasteiger partial charge in [0.15, 0.2) is 11.6 Å². The van der Waals surface area contributed by atoms with Crippen molar-refractivity contribution in [2.45, 2.75) is 32.2 Å². The molecule has 0 bridgehead atoms. The maximum atomic E-state index is 13.6. The van der Waals surface area contributed by atoms with Crippen molar-refractivity contribution in [3.63, 3.8) is 0 Å². The highest BCUT2D eigenvalue weighted by molar-refractivity contribution is 5.29. The van der Waals surface area contributed by atoms with Gasteiger partial charge in [-0.1, -0.05) is 12.1 Å². The predicted molar refractivity (Wildman–Crippen MR) is 73.3 cm³/mol. The van der Waals surface area contributed by atoms with Crippen molar-refractivity contribution in [2.24, 2.45) is 0 Å². The highest BCUT2D eigenvalue weighted by Gasteiger charge is 2.04. The van der Waals surface area contributed by atoms with E-state index in [4.69, 9.17) is 4.74 Å². The standard InChI is InChI=1S/C15H22FNO/c1-3-4-5-6-7-10-18-15-9-8-13(12-17-2)11-14(15)16/h3,8-9,11,17H,1,4-7,10,12H2,2H3. The van der Waals surface area contributed by atoms with Gasteiger partial charge in [0.25, 0.3) is 0 Å². The molecule has 0 amide bonds. The quantitative estimate of drug-likeness (QED) is 0.534. The molecular formula is C15H22FNO. The minimum absolute atomic E-state index is 0.283. The summed E-state index contributed by atoms with van der Waals surface area (Å²) in [6, 6.07) is 5.10. The predicted octanol–water partition coefficient (Wildman–Crippen LogP) is 3.67. The van der Waals surface area contributed by atoms with Crippen molar-refractivity contribution < 1.29 is 9.13 Å². The summed E-state index contributed by atoms with van der Waals surface area (Å²) in [5.74, 6) is 0.0624. The maximum absolute atomic E-state index is 13.6. The van der Waals surface area contributed by atoms with Crippen molar-refractivity contribution in [3.05, 3.63) is 42.2 Å². The zero-order valence-electron chi connectivity index (χ0n) is 11.0. The Morgan fingerprint density at radius 3 is 2.83 bits per heavy atom. The van der Waals surface area contributed by atoms with Crippen LogP contribution in [0.4, 0.5) is 4.39 Å². The van der Waals surface area contributed by atoms with Crippen LogP contribution in [-0.2, 0) is 6.54 Å². The fourth-order valence-corrected chi connectivity index (χ4v) is 1.73. The fourth-order valence-electron chi connectivity index (χ4n) is 1.73. The molecule has 0 aliphatic carbocycles. The second-order valence-electron chi connectivity index (χ2n) is 4.28. The van der Waals surface area contributed by atoms with E-state index in [0.717, 1.165) is 31.2 Å². The number of ether oxygens (including phenoxy) is 1. The average Bonchev–Trinajstić information content (AvgIpc) is 2.36. The first kappa shape index (κ1) is 14.7. The molecule has 0 aromatic heterocycles. The summed E-state index contributed by atoms with van der Waals surface area (Å²) in [7, 11) is 1.84. The van der Waals surface area contributed by atoms with Gasteiger partial charge < -0.3 is 10.1 Å². The zero-order chi connectivity index (χ0) is 13.2. The van der Waals surface area contributed by atoms with E-state index in [1.807, 2.05) is 19.2 Å². The summed E-state index contributed by atoms with van der Waals surface area (Å²) < 4.78 is 19.1. The molecule has 0 radical (unpaired) electrons. The van der Waals surface area contributed by atoms with Crippen LogP contribution in [0.5, 0.6) is 5.75 Å². The van der Waals surface area contributed by atoms with Crippen molar-refractivity contribution in [1.82, 2.24) is 5.32 Å². The first-order valence-corrected chi connectivity index (χ1v) is 6.44. The van der Waals surface area contributed by atoms with Crippen LogP contribution in [-0.4, -0.2) is 13.7 Å². The van der Waals surface area contributed by atoms with E-state index in [1.165, 1.54) is 6.07 Å². The second kappa shape index (κ2) is 8.70. The van der Waals surface area contributed by atoms with Gasteiger partial charge in [-0.05, 0) is 50.4 Å². The summed E-state index contributed by atoms with van der Waals surface area (Å²) in [5.41, 5.74) is 0.924. The smallest absolute Gasteiger partial charge is 0.165 e. The molecule has 18 heavy (non-hydrogen) atoms. The van der Waals surface area contributed by atoms with Gasteiger partial charge in [-0.25, -0.2) is 4.39 Å². The molecule has 1 aromatic rings. The van der Waals surface area contributed by atoms with Crippen molar-refractivity contribution in [3.8, 4) is 5.75 Å². The van der Waals surface area contributed by atoms with E-state index in [-0.39, 0.29) is 5.82 Å². The molecule has 0 heterocycles. The molecule has 0 saturated heterocycles. The van der Waals surface area contributed by atoms with E-state index in [9.17, 15) is 4.39 Å². The number of unbranched alkanes of at least 4 members (excludes halogenated alkanes) is 3. The number of halogens is 1. The van der Waals surface area contributed by atoms with Gasteiger partial charge in [0.1, 0.15) is 0 Å². The molecule has 1 N–H and O–H groups in total. The Labute approximate surface area is 109 Å². The highest BCUT2D eigenvalue weighted by atomic mass is 19.1. The summed E-state index contributed by atoms with van der Waals surface area (Å²) >= 11 is 0. The summed E-state index contributed by atoms with van der Waals surface area (Å²) in [6.45, 7) is 4.91. The lowest BCUT2D eigenvalue weighted by Crippen LogP contribution is -2.06. The third-order valence-electron chi connectivity index (χ3n) is 2.69. The minimum Gasteiger partial charge on any atom is -0.491 e. The molecule has 0 spiro atoms. The topological polar surface area (TPSA) is 21.3 Å². The zero-order valence-corrected chi connectivity index (χ0v) is 11.0. The molecule has 0 saturated carbocycles. The number of benzene rings is 1. The second-order valence-corrected chi connectivity index (χ2v) is 4.28. The molecule has 1 rings (SSSR count). The first-order valence-electron chi connectivity index (χ1n) is 6.44. The van der Waals surface area contributed by atoms with Gasteiger partial charge in [0.05, 0.1) is 6.61 Å². The number of rotatable bonds is 9. The van der Waals surface area contributed by atoms with Crippen LogP contribution in [0.25, 0.3) is 0 Å². The Morgan fingerprint density at radius 1 is 1.33 bits per heavy atom. The van der Waals surface area contributed by atoms with Crippen molar-refractivity contribution >= 4 is 0 Å². The average molecular weight is 251 g/mol. The molecule has 0 atom stereocenters. The Morgan fingerprint density at radius 2 is 2.17 bits per heavy atom. The Bertz CT molecular complexity index is 366. The van der Waals surface area contributed by atoms with E-state index in [0.29, 0.717) is 18.9 Å². The highest BCUT2D eigenvalue weighted by Crippen LogP contribution is 2.18. The van der Waals surface area contributed by atoms with Crippen LogP contribution >= 0.6 is 0 Å². The lowest BCUT2D eigenvalue weighted by Gasteiger charge is -2.08. The van der Waals surface area contributed by atoms with Crippen LogP contribution in [0.2, 0.25) is 0 Å². The Kier molecular flexibility index (Phi) is 7.11. The van der Waals surface area contributed by atoms with Gasteiger partial charge in [-0.3, -0.25) is 0 Å². The van der Waals surface area contributed by atoms with Crippen molar-refractivity contribution in [2.75, 3.05) is 13.7 Å². The molecule has 0 aliphatic rings. The third-order valence-corrected chi connectivity index (χ3v) is 2.69. The lowest BCUT2D eigenvalue weighted by molar-refractivity contribution is 0.290. The van der Waals surface area contributed by atoms with Gasteiger partial charge in [0.2, 0.25) is 0 Å². The first-order chi connectivity index (χ1) is 8.77. The molecule has 2 nitrogen and oxygen atoms in total. The lowest BCUT2D eigenvalue weighted by atomic mass is 10.2. The van der Waals surface area contributed by atoms with Gasteiger partial charge in [-0.15, -0.1) is 6.58 Å². The molecule has 3 heteroatoms.